The van der Waals surface area contributed by atoms with Crippen molar-refractivity contribution in [1.82, 2.24) is 19.7 Å². The van der Waals surface area contributed by atoms with E-state index in [0.717, 1.165) is 22.8 Å². The van der Waals surface area contributed by atoms with Gasteiger partial charge in [-0.2, -0.15) is 5.10 Å². The zero-order valence-corrected chi connectivity index (χ0v) is 18.9. The molecule has 170 valence electrons. The van der Waals surface area contributed by atoms with Crippen LogP contribution in [-0.4, -0.2) is 51.7 Å². The number of pyridine rings is 1. The van der Waals surface area contributed by atoms with Gasteiger partial charge < -0.3 is 9.64 Å². The second-order valence-electron chi connectivity index (χ2n) is 8.81. The van der Waals surface area contributed by atoms with E-state index in [1.165, 1.54) is 0 Å². The standard InChI is InChI=1S/C25H27N5O3/c1-18-15-22-29(17-19-7-11-26-12-8-19)23(31)16-25(30(22)27-18)9-13-28(14-10-25)24(32)20-3-5-21(33-2)6-4-20/h3-8,11-12,15H,9-10,13-14,16-17H2,1-2H3. The number of aryl methyl sites for hydroxylation is 1. The molecule has 2 amide bonds. The molecule has 4 heterocycles. The molecule has 0 radical (unpaired) electrons. The van der Waals surface area contributed by atoms with E-state index >= 15 is 0 Å². The van der Waals surface area contributed by atoms with Crippen LogP contribution in [0.4, 0.5) is 5.82 Å². The maximum Gasteiger partial charge on any atom is 0.253 e. The third kappa shape index (κ3) is 3.86. The van der Waals surface area contributed by atoms with Crippen molar-refractivity contribution < 1.29 is 14.3 Å². The quantitative estimate of drug-likeness (QED) is 0.616. The minimum Gasteiger partial charge on any atom is -0.497 e. The molecule has 3 aromatic rings. The molecule has 33 heavy (non-hydrogen) atoms. The molecule has 0 aliphatic carbocycles. The van der Waals surface area contributed by atoms with Crippen LogP contribution < -0.4 is 9.64 Å². The van der Waals surface area contributed by atoms with E-state index in [9.17, 15) is 9.59 Å². The molecule has 0 N–H and O–H groups in total. The fourth-order valence-corrected chi connectivity index (χ4v) is 4.88. The normalized spacial score (nSPS) is 17.2. The minimum absolute atomic E-state index is 0.00539. The Kier molecular flexibility index (Phi) is 5.36. The number of carbonyl (C=O) groups excluding carboxylic acids is 2. The van der Waals surface area contributed by atoms with Crippen molar-refractivity contribution in [3.8, 4) is 5.75 Å². The summed E-state index contributed by atoms with van der Waals surface area (Å²) in [6.45, 7) is 3.61. The van der Waals surface area contributed by atoms with Gasteiger partial charge in [-0.25, -0.2) is 4.68 Å². The highest BCUT2D eigenvalue weighted by Gasteiger charge is 2.46. The lowest BCUT2D eigenvalue weighted by atomic mass is 9.82. The van der Waals surface area contributed by atoms with Gasteiger partial charge in [0.25, 0.3) is 5.91 Å². The molecule has 2 aromatic heterocycles. The predicted molar refractivity (Wildman–Crippen MR) is 123 cm³/mol. The number of hydrogen-bond acceptors (Lipinski definition) is 5. The topological polar surface area (TPSA) is 80.6 Å². The average Bonchev–Trinajstić information content (AvgIpc) is 3.25. The Labute approximate surface area is 192 Å². The number of piperidine rings is 1. The summed E-state index contributed by atoms with van der Waals surface area (Å²) in [5.41, 5.74) is 2.16. The lowest BCUT2D eigenvalue weighted by Crippen LogP contribution is -2.54. The van der Waals surface area contributed by atoms with Gasteiger partial charge in [0.2, 0.25) is 5.91 Å². The van der Waals surface area contributed by atoms with E-state index in [1.807, 2.05) is 39.6 Å². The molecule has 2 aliphatic heterocycles. The molecule has 1 aromatic carbocycles. The number of anilines is 1. The smallest absolute Gasteiger partial charge is 0.253 e. The molecule has 1 spiro atoms. The summed E-state index contributed by atoms with van der Waals surface area (Å²) in [4.78, 5) is 34.1. The number of nitrogens with zero attached hydrogens (tertiary/aromatic N) is 5. The van der Waals surface area contributed by atoms with Crippen LogP contribution in [-0.2, 0) is 16.9 Å². The van der Waals surface area contributed by atoms with E-state index in [1.54, 1.807) is 43.8 Å². The first kappa shape index (κ1) is 21.2. The summed E-state index contributed by atoms with van der Waals surface area (Å²) in [6, 6.07) is 13.0. The maximum absolute atomic E-state index is 13.3. The number of rotatable bonds is 4. The van der Waals surface area contributed by atoms with Gasteiger partial charge in [-0.15, -0.1) is 0 Å². The number of likely N-dealkylation sites (tertiary alicyclic amines) is 1. The number of methoxy groups -OCH3 is 1. The van der Waals surface area contributed by atoms with Gasteiger partial charge in [0.15, 0.2) is 0 Å². The molecular formula is C25H27N5O3. The molecule has 1 saturated heterocycles. The number of hydrogen-bond donors (Lipinski definition) is 0. The molecule has 0 saturated carbocycles. The Bertz CT molecular complexity index is 1160. The van der Waals surface area contributed by atoms with Crippen LogP contribution in [0.5, 0.6) is 5.75 Å². The highest BCUT2D eigenvalue weighted by Crippen LogP contribution is 2.42. The zero-order valence-electron chi connectivity index (χ0n) is 18.9. The predicted octanol–water partition coefficient (Wildman–Crippen LogP) is 3.16. The highest BCUT2D eigenvalue weighted by atomic mass is 16.5. The van der Waals surface area contributed by atoms with Crippen molar-refractivity contribution >= 4 is 17.6 Å². The van der Waals surface area contributed by atoms with Crippen molar-refractivity contribution in [2.24, 2.45) is 0 Å². The summed E-state index contributed by atoms with van der Waals surface area (Å²) >= 11 is 0. The van der Waals surface area contributed by atoms with Gasteiger partial charge in [0.05, 0.1) is 31.3 Å². The first-order valence-electron chi connectivity index (χ1n) is 11.2. The molecule has 8 heteroatoms. The van der Waals surface area contributed by atoms with Crippen LogP contribution in [0.2, 0.25) is 0 Å². The number of amides is 2. The third-order valence-corrected chi connectivity index (χ3v) is 6.73. The SMILES string of the molecule is COc1ccc(C(=O)N2CCC3(CC2)CC(=O)N(Cc2ccncc2)c2cc(C)nn23)cc1. The summed E-state index contributed by atoms with van der Waals surface area (Å²) in [6.07, 6.45) is 5.25. The first-order valence-corrected chi connectivity index (χ1v) is 11.2. The second kappa shape index (κ2) is 8.35. The van der Waals surface area contributed by atoms with Crippen molar-refractivity contribution in [2.75, 3.05) is 25.1 Å². The monoisotopic (exact) mass is 445 g/mol. The average molecular weight is 446 g/mol. The highest BCUT2D eigenvalue weighted by molar-refractivity contribution is 5.95. The van der Waals surface area contributed by atoms with E-state index in [0.29, 0.717) is 44.5 Å². The summed E-state index contributed by atoms with van der Waals surface area (Å²) in [7, 11) is 1.61. The Balaban J connectivity index is 1.36. The Morgan fingerprint density at radius 3 is 2.45 bits per heavy atom. The molecule has 2 aliphatic rings. The fourth-order valence-electron chi connectivity index (χ4n) is 4.88. The lowest BCUT2D eigenvalue weighted by Gasteiger charge is -2.46. The van der Waals surface area contributed by atoms with E-state index in [2.05, 4.69) is 4.98 Å². The van der Waals surface area contributed by atoms with Gasteiger partial charge >= 0.3 is 0 Å². The van der Waals surface area contributed by atoms with E-state index in [-0.39, 0.29) is 11.8 Å². The number of ether oxygens (including phenoxy) is 1. The van der Waals surface area contributed by atoms with Crippen molar-refractivity contribution in [3.05, 3.63) is 71.7 Å². The van der Waals surface area contributed by atoms with Crippen LogP contribution in [0.25, 0.3) is 0 Å². The van der Waals surface area contributed by atoms with E-state index in [4.69, 9.17) is 9.84 Å². The summed E-state index contributed by atoms with van der Waals surface area (Å²) in [5.74, 6) is 1.65. The molecule has 8 nitrogen and oxygen atoms in total. The molecular weight excluding hydrogens is 418 g/mol. The Morgan fingerprint density at radius 1 is 1.09 bits per heavy atom. The number of aromatic nitrogens is 3. The molecule has 0 atom stereocenters. The van der Waals surface area contributed by atoms with Crippen molar-refractivity contribution in [2.45, 2.75) is 38.3 Å². The second-order valence-corrected chi connectivity index (χ2v) is 8.81. The fraction of sp³-hybridized carbons (Fsp3) is 0.360. The van der Waals surface area contributed by atoms with Crippen molar-refractivity contribution in [3.63, 3.8) is 0 Å². The summed E-state index contributed by atoms with van der Waals surface area (Å²) < 4.78 is 7.23. The summed E-state index contributed by atoms with van der Waals surface area (Å²) in [5, 5.41) is 4.79. The maximum atomic E-state index is 13.3. The number of fused-ring (bicyclic) bond motifs is 2. The third-order valence-electron chi connectivity index (χ3n) is 6.73. The van der Waals surface area contributed by atoms with Gasteiger partial charge in [-0.1, -0.05) is 0 Å². The van der Waals surface area contributed by atoms with Crippen LogP contribution in [0.3, 0.4) is 0 Å². The zero-order chi connectivity index (χ0) is 23.0. The van der Waals surface area contributed by atoms with Gasteiger partial charge in [0, 0.05) is 37.1 Å². The van der Waals surface area contributed by atoms with Gasteiger partial charge in [-0.3, -0.25) is 19.5 Å². The Hall–Kier alpha value is -3.68. The number of carbonyl (C=O) groups is 2. The Morgan fingerprint density at radius 2 is 1.79 bits per heavy atom. The largest absolute Gasteiger partial charge is 0.497 e. The lowest BCUT2D eigenvalue weighted by molar-refractivity contribution is -0.123. The molecule has 0 unspecified atom stereocenters. The minimum atomic E-state index is -0.397. The number of benzene rings is 1. The van der Waals surface area contributed by atoms with E-state index < -0.39 is 5.54 Å². The first-order chi connectivity index (χ1) is 16.0. The van der Waals surface area contributed by atoms with Crippen molar-refractivity contribution in [1.29, 1.82) is 0 Å². The van der Waals surface area contributed by atoms with Crippen LogP contribution >= 0.6 is 0 Å². The van der Waals surface area contributed by atoms with Gasteiger partial charge in [0.1, 0.15) is 11.6 Å². The van der Waals surface area contributed by atoms with Gasteiger partial charge in [-0.05, 0) is 61.7 Å². The van der Waals surface area contributed by atoms with Crippen LogP contribution in [0.15, 0.2) is 54.9 Å². The van der Waals surface area contributed by atoms with Crippen LogP contribution in [0, 0.1) is 6.92 Å². The van der Waals surface area contributed by atoms with Crippen LogP contribution in [0.1, 0.15) is 40.9 Å². The molecule has 1 fully saturated rings. The molecule has 5 rings (SSSR count). The molecule has 0 bridgehead atoms.